The number of rotatable bonds is 2. The summed E-state index contributed by atoms with van der Waals surface area (Å²) in [5.74, 6) is 0. The van der Waals surface area contributed by atoms with E-state index in [1.807, 2.05) is 0 Å². The molecule has 10 heavy (non-hydrogen) atoms. The monoisotopic (exact) mass is 142 g/mol. The fraction of sp³-hybridized carbons (Fsp3) is 0.667. The Morgan fingerprint density at radius 1 is 0.900 bits per heavy atom. The van der Waals surface area contributed by atoms with Crippen molar-refractivity contribution in [1.82, 2.24) is 10.0 Å². The smallest absolute Gasteiger partial charge is 0.228 e. The van der Waals surface area contributed by atoms with Gasteiger partial charge in [0.2, 0.25) is 12.8 Å². The van der Waals surface area contributed by atoms with Crippen LogP contribution >= 0.6 is 0 Å². The van der Waals surface area contributed by atoms with E-state index in [1.165, 1.54) is 10.0 Å². The highest BCUT2D eigenvalue weighted by atomic mass is 16.2. The Labute approximate surface area is 59.4 Å². The highest BCUT2D eigenvalue weighted by Gasteiger charge is 2.14. The van der Waals surface area contributed by atoms with E-state index >= 15 is 0 Å². The van der Waals surface area contributed by atoms with Gasteiger partial charge in [-0.05, 0) is 12.8 Å². The van der Waals surface area contributed by atoms with Gasteiger partial charge in [-0.2, -0.15) is 0 Å². The number of amides is 2. The Kier molecular flexibility index (Phi) is 2.25. The molecule has 0 unspecified atom stereocenters. The van der Waals surface area contributed by atoms with E-state index < -0.39 is 0 Å². The third-order valence-corrected chi connectivity index (χ3v) is 1.60. The second-order valence-electron chi connectivity index (χ2n) is 2.24. The van der Waals surface area contributed by atoms with Crippen LogP contribution in [-0.4, -0.2) is 35.9 Å². The summed E-state index contributed by atoms with van der Waals surface area (Å²) in [4.78, 5) is 20.5. The van der Waals surface area contributed by atoms with Gasteiger partial charge in [-0.25, -0.2) is 0 Å². The molecule has 0 radical (unpaired) electrons. The number of carbonyl (C=O) groups is 2. The van der Waals surface area contributed by atoms with Crippen LogP contribution < -0.4 is 0 Å². The van der Waals surface area contributed by atoms with Crippen LogP contribution in [0.15, 0.2) is 0 Å². The molecular weight excluding hydrogens is 132 g/mol. The predicted octanol–water partition coefficient (Wildman–Crippen LogP) is -0.388. The molecule has 2 amide bonds. The minimum absolute atomic E-state index is 0.669. The van der Waals surface area contributed by atoms with Crippen LogP contribution in [0, 0.1) is 0 Å². The molecule has 1 rings (SSSR count). The van der Waals surface area contributed by atoms with Crippen LogP contribution in [0.2, 0.25) is 0 Å². The molecular formula is C6H10N2O2. The third-order valence-electron chi connectivity index (χ3n) is 1.60. The van der Waals surface area contributed by atoms with Gasteiger partial charge < -0.3 is 0 Å². The molecule has 56 valence electrons. The second-order valence-corrected chi connectivity index (χ2v) is 2.24. The highest BCUT2D eigenvalue weighted by molar-refractivity contribution is 5.54. The largest absolute Gasteiger partial charge is 0.277 e. The zero-order valence-corrected chi connectivity index (χ0v) is 5.69. The summed E-state index contributed by atoms with van der Waals surface area (Å²) in [6.45, 7) is 1.34. The normalized spacial score (nSPS) is 18.8. The van der Waals surface area contributed by atoms with Crippen LogP contribution in [0.5, 0.6) is 0 Å². The molecule has 0 atom stereocenters. The first-order chi connectivity index (χ1) is 4.88. The molecule has 0 N–H and O–H groups in total. The van der Waals surface area contributed by atoms with E-state index in [4.69, 9.17) is 0 Å². The van der Waals surface area contributed by atoms with Crippen LogP contribution in [0.1, 0.15) is 12.8 Å². The lowest BCUT2D eigenvalue weighted by Gasteiger charge is -2.32. The number of hydrazine groups is 1. The van der Waals surface area contributed by atoms with Crippen LogP contribution in [0.25, 0.3) is 0 Å². The van der Waals surface area contributed by atoms with E-state index in [0.29, 0.717) is 25.9 Å². The van der Waals surface area contributed by atoms with Crippen molar-refractivity contribution in [2.75, 3.05) is 13.1 Å². The molecule has 0 aromatic rings. The Bertz CT molecular complexity index is 122. The molecule has 0 aromatic carbocycles. The predicted molar refractivity (Wildman–Crippen MR) is 34.8 cm³/mol. The Balaban J connectivity index is 2.49. The van der Waals surface area contributed by atoms with Gasteiger partial charge >= 0.3 is 0 Å². The van der Waals surface area contributed by atoms with Gasteiger partial charge in [-0.15, -0.1) is 0 Å². The summed E-state index contributed by atoms with van der Waals surface area (Å²) in [5, 5.41) is 2.80. The summed E-state index contributed by atoms with van der Waals surface area (Å²) in [6.07, 6.45) is 3.35. The number of carbonyl (C=O) groups excluding carboxylic acids is 2. The van der Waals surface area contributed by atoms with E-state index in [-0.39, 0.29) is 0 Å². The van der Waals surface area contributed by atoms with Gasteiger partial charge in [0, 0.05) is 13.1 Å². The first-order valence-corrected chi connectivity index (χ1v) is 3.32. The maximum Gasteiger partial charge on any atom is 0.228 e. The maximum absolute atomic E-state index is 10.3. The fourth-order valence-electron chi connectivity index (χ4n) is 1.03. The third kappa shape index (κ3) is 1.26. The summed E-state index contributed by atoms with van der Waals surface area (Å²) in [5.41, 5.74) is 0. The number of nitrogens with zero attached hydrogens (tertiary/aromatic N) is 2. The van der Waals surface area contributed by atoms with Gasteiger partial charge in [0.05, 0.1) is 0 Å². The van der Waals surface area contributed by atoms with Gasteiger partial charge in [0.25, 0.3) is 0 Å². The second kappa shape index (κ2) is 3.20. The minimum atomic E-state index is 0.669. The summed E-state index contributed by atoms with van der Waals surface area (Å²) in [7, 11) is 0. The van der Waals surface area contributed by atoms with E-state index in [0.717, 1.165) is 12.8 Å². The number of hydrogen-bond donors (Lipinski definition) is 0. The fourth-order valence-corrected chi connectivity index (χ4v) is 1.03. The van der Waals surface area contributed by atoms with Gasteiger partial charge in [0.15, 0.2) is 0 Å². The van der Waals surface area contributed by atoms with Gasteiger partial charge in [-0.1, -0.05) is 0 Å². The lowest BCUT2D eigenvalue weighted by molar-refractivity contribution is -0.150. The summed E-state index contributed by atoms with van der Waals surface area (Å²) < 4.78 is 0. The molecule has 1 heterocycles. The molecule has 0 saturated carbocycles. The molecule has 0 aromatic heterocycles. The maximum atomic E-state index is 10.3. The average Bonchev–Trinajstić information content (AvgIpc) is 2.04. The first kappa shape index (κ1) is 7.05. The van der Waals surface area contributed by atoms with Crippen molar-refractivity contribution in [3.8, 4) is 0 Å². The quantitative estimate of drug-likeness (QED) is 0.493. The molecule has 1 aliphatic heterocycles. The van der Waals surface area contributed by atoms with Crippen molar-refractivity contribution in [3.05, 3.63) is 0 Å². The van der Waals surface area contributed by atoms with Gasteiger partial charge in [-0.3, -0.25) is 19.6 Å². The first-order valence-electron chi connectivity index (χ1n) is 3.32. The van der Waals surface area contributed by atoms with Gasteiger partial charge in [0.1, 0.15) is 0 Å². The molecule has 4 heteroatoms. The molecule has 0 spiro atoms. The Morgan fingerprint density at radius 3 is 1.60 bits per heavy atom. The van der Waals surface area contributed by atoms with Crippen molar-refractivity contribution in [2.45, 2.75) is 12.8 Å². The van der Waals surface area contributed by atoms with Crippen LogP contribution in [-0.2, 0) is 9.59 Å². The van der Waals surface area contributed by atoms with Crippen molar-refractivity contribution in [2.24, 2.45) is 0 Å². The average molecular weight is 142 g/mol. The van der Waals surface area contributed by atoms with E-state index in [1.54, 1.807) is 0 Å². The Hall–Kier alpha value is -1.06. The van der Waals surface area contributed by atoms with E-state index in [2.05, 4.69) is 0 Å². The summed E-state index contributed by atoms with van der Waals surface area (Å²) >= 11 is 0. The number of hydrogen-bond acceptors (Lipinski definition) is 2. The lowest BCUT2D eigenvalue weighted by atomic mass is 10.2. The SMILES string of the molecule is O=CN1CCCCN1C=O. The summed E-state index contributed by atoms with van der Waals surface area (Å²) in [6, 6.07) is 0. The zero-order valence-electron chi connectivity index (χ0n) is 5.69. The standard InChI is InChI=1S/C6H10N2O2/c9-5-7-3-1-2-4-8(7)6-10/h5-6H,1-4H2. The molecule has 1 aliphatic rings. The lowest BCUT2D eigenvalue weighted by Crippen LogP contribution is -2.45. The molecule has 1 fully saturated rings. The van der Waals surface area contributed by atoms with Crippen molar-refractivity contribution in [1.29, 1.82) is 0 Å². The van der Waals surface area contributed by atoms with Crippen molar-refractivity contribution >= 4 is 12.8 Å². The van der Waals surface area contributed by atoms with Crippen LogP contribution in [0.3, 0.4) is 0 Å². The zero-order chi connectivity index (χ0) is 7.40. The Morgan fingerprint density at radius 2 is 1.30 bits per heavy atom. The highest BCUT2D eigenvalue weighted by Crippen LogP contribution is 2.05. The van der Waals surface area contributed by atoms with E-state index in [9.17, 15) is 9.59 Å². The minimum Gasteiger partial charge on any atom is -0.277 e. The molecule has 4 nitrogen and oxygen atoms in total. The van der Waals surface area contributed by atoms with Crippen molar-refractivity contribution < 1.29 is 9.59 Å². The van der Waals surface area contributed by atoms with Crippen LogP contribution in [0.4, 0.5) is 0 Å². The topological polar surface area (TPSA) is 40.6 Å². The molecule has 0 aliphatic carbocycles. The molecule has 0 bridgehead atoms. The van der Waals surface area contributed by atoms with Crippen molar-refractivity contribution in [3.63, 3.8) is 0 Å². The molecule has 1 saturated heterocycles.